The minimum atomic E-state index is -1.36. The van der Waals surface area contributed by atoms with Crippen LogP contribution in [-0.2, 0) is 14.9 Å². The zero-order chi connectivity index (χ0) is 26.7. The molecule has 198 valence electrons. The Morgan fingerprint density at radius 3 is 2.56 bits per heavy atom. The molecule has 3 atom stereocenters. The van der Waals surface area contributed by atoms with Crippen LogP contribution in [0.1, 0.15) is 87.8 Å². The minimum Gasteiger partial charge on any atom is -0.496 e. The second-order valence-electron chi connectivity index (χ2n) is 11.1. The van der Waals surface area contributed by atoms with Crippen LogP contribution in [0.4, 0.5) is 0 Å². The number of carbonyl (C=O) groups is 2. The Hall–Kier alpha value is -2.45. The SMILES string of the molecule is CCCOC[C@H]1C[C@@](CC(C)C)(C(=O)O)N(C(=O)c2ccc(C(C)(C)C)c(OC)c2)[C@H]1c1nccs1. The second kappa shape index (κ2) is 11.3. The highest BCUT2D eigenvalue weighted by Gasteiger charge is 2.59. The van der Waals surface area contributed by atoms with E-state index in [1.54, 1.807) is 30.3 Å². The van der Waals surface area contributed by atoms with Gasteiger partial charge in [0.1, 0.15) is 16.3 Å². The molecule has 3 rings (SSSR count). The molecule has 1 aliphatic heterocycles. The molecule has 8 heteroatoms. The van der Waals surface area contributed by atoms with Crippen molar-refractivity contribution in [3.05, 3.63) is 45.9 Å². The highest BCUT2D eigenvalue weighted by atomic mass is 32.1. The third-order valence-electron chi connectivity index (χ3n) is 6.79. The number of aromatic nitrogens is 1. The van der Waals surface area contributed by atoms with Crippen molar-refractivity contribution in [3.63, 3.8) is 0 Å². The molecular formula is C28H40N2O5S. The maximum Gasteiger partial charge on any atom is 0.329 e. The smallest absolute Gasteiger partial charge is 0.329 e. The van der Waals surface area contributed by atoms with Crippen molar-refractivity contribution >= 4 is 23.2 Å². The Bertz CT molecular complexity index is 1050. The van der Waals surface area contributed by atoms with Crippen molar-refractivity contribution in [3.8, 4) is 5.75 Å². The highest BCUT2D eigenvalue weighted by molar-refractivity contribution is 7.09. The van der Waals surface area contributed by atoms with E-state index in [0.29, 0.717) is 37.4 Å². The molecule has 0 radical (unpaired) electrons. The van der Waals surface area contributed by atoms with Gasteiger partial charge in [0.05, 0.1) is 19.8 Å². The monoisotopic (exact) mass is 516 g/mol. The number of methoxy groups -OCH3 is 1. The quantitative estimate of drug-likeness (QED) is 0.393. The summed E-state index contributed by atoms with van der Waals surface area (Å²) in [5.41, 5.74) is -0.144. The van der Waals surface area contributed by atoms with Gasteiger partial charge in [-0.3, -0.25) is 4.79 Å². The lowest BCUT2D eigenvalue weighted by Gasteiger charge is -2.39. The summed E-state index contributed by atoms with van der Waals surface area (Å²) < 4.78 is 11.6. The zero-order valence-corrected chi connectivity index (χ0v) is 23.4. The molecule has 1 N–H and O–H groups in total. The molecule has 0 spiro atoms. The van der Waals surface area contributed by atoms with E-state index in [-0.39, 0.29) is 23.2 Å². The standard InChI is InChI=1S/C28H40N2O5S/c1-8-12-35-17-20-16-28(26(32)33,15-18(2)3)30(23(20)24-29-11-13-36-24)25(31)19-9-10-21(27(4,5)6)22(14-19)34-7/h9-11,13-14,18,20,23H,8,12,15-17H2,1-7H3,(H,32,33)/t20-,23-,28+/m1/s1. The highest BCUT2D eigenvalue weighted by Crippen LogP contribution is 2.51. The number of aliphatic carboxylic acids is 1. The van der Waals surface area contributed by atoms with Gasteiger partial charge in [0.2, 0.25) is 0 Å². The molecule has 1 saturated heterocycles. The van der Waals surface area contributed by atoms with Crippen LogP contribution in [-0.4, -0.2) is 52.7 Å². The maximum atomic E-state index is 14.3. The molecular weight excluding hydrogens is 476 g/mol. The Balaban J connectivity index is 2.17. The molecule has 1 fully saturated rings. The number of amides is 1. The molecule has 0 saturated carbocycles. The number of likely N-dealkylation sites (tertiary alicyclic amines) is 1. The van der Waals surface area contributed by atoms with Gasteiger partial charge in [-0.25, -0.2) is 9.78 Å². The molecule has 7 nitrogen and oxygen atoms in total. The number of carboxylic acid groups (broad SMARTS) is 1. The summed E-state index contributed by atoms with van der Waals surface area (Å²) in [5.74, 6) is -0.804. The van der Waals surface area contributed by atoms with E-state index in [0.717, 1.165) is 17.0 Å². The van der Waals surface area contributed by atoms with E-state index >= 15 is 0 Å². The van der Waals surface area contributed by atoms with E-state index in [4.69, 9.17) is 9.47 Å². The average Bonchev–Trinajstić information content (AvgIpc) is 3.44. The zero-order valence-electron chi connectivity index (χ0n) is 22.5. The number of hydrogen-bond donors (Lipinski definition) is 1. The van der Waals surface area contributed by atoms with Gasteiger partial charge in [-0.15, -0.1) is 11.3 Å². The molecule has 0 unspecified atom stereocenters. The summed E-state index contributed by atoms with van der Waals surface area (Å²) in [6.07, 6.45) is 3.24. The lowest BCUT2D eigenvalue weighted by Crippen LogP contribution is -2.54. The van der Waals surface area contributed by atoms with E-state index < -0.39 is 17.6 Å². The van der Waals surface area contributed by atoms with E-state index in [1.807, 2.05) is 32.2 Å². The fraction of sp³-hybridized carbons (Fsp3) is 0.607. The fourth-order valence-electron chi connectivity index (χ4n) is 5.38. The van der Waals surface area contributed by atoms with Crippen LogP contribution in [0.5, 0.6) is 5.75 Å². The topological polar surface area (TPSA) is 89.0 Å². The third kappa shape index (κ3) is 5.59. The van der Waals surface area contributed by atoms with Crippen LogP contribution < -0.4 is 4.74 Å². The van der Waals surface area contributed by atoms with Crippen molar-refractivity contribution in [2.45, 2.75) is 77.8 Å². The number of nitrogens with zero attached hydrogens (tertiary/aromatic N) is 2. The third-order valence-corrected chi connectivity index (χ3v) is 7.64. The predicted molar refractivity (Wildman–Crippen MR) is 142 cm³/mol. The van der Waals surface area contributed by atoms with Gasteiger partial charge < -0.3 is 19.5 Å². The summed E-state index contributed by atoms with van der Waals surface area (Å²) in [6, 6.07) is 4.95. The number of carbonyl (C=O) groups excluding carboxylic acids is 1. The molecule has 1 aliphatic rings. The summed E-state index contributed by atoms with van der Waals surface area (Å²) in [4.78, 5) is 33.5. The van der Waals surface area contributed by atoms with Crippen LogP contribution in [0, 0.1) is 11.8 Å². The fourth-order valence-corrected chi connectivity index (χ4v) is 6.20. The van der Waals surface area contributed by atoms with Crippen LogP contribution >= 0.6 is 11.3 Å². The Labute approximate surface area is 218 Å². The number of carboxylic acids is 1. The summed E-state index contributed by atoms with van der Waals surface area (Å²) >= 11 is 1.45. The lowest BCUT2D eigenvalue weighted by atomic mass is 9.83. The molecule has 2 aromatic rings. The van der Waals surface area contributed by atoms with Crippen molar-refractivity contribution in [1.82, 2.24) is 9.88 Å². The van der Waals surface area contributed by atoms with E-state index in [2.05, 4.69) is 25.8 Å². The van der Waals surface area contributed by atoms with Crippen molar-refractivity contribution < 1.29 is 24.2 Å². The van der Waals surface area contributed by atoms with Crippen LogP contribution in [0.2, 0.25) is 0 Å². The molecule has 1 aromatic carbocycles. The Morgan fingerprint density at radius 1 is 1.31 bits per heavy atom. The molecule has 0 aliphatic carbocycles. The van der Waals surface area contributed by atoms with Crippen molar-refractivity contribution in [1.29, 1.82) is 0 Å². The molecule has 2 heterocycles. The molecule has 36 heavy (non-hydrogen) atoms. The van der Waals surface area contributed by atoms with E-state index in [1.165, 1.54) is 11.3 Å². The number of thiazole rings is 1. The normalized spacial score (nSPS) is 22.3. The second-order valence-corrected chi connectivity index (χ2v) is 12.1. The molecule has 1 aromatic heterocycles. The summed E-state index contributed by atoms with van der Waals surface area (Å²) in [7, 11) is 1.59. The van der Waals surface area contributed by atoms with Crippen LogP contribution in [0.25, 0.3) is 0 Å². The van der Waals surface area contributed by atoms with Crippen LogP contribution in [0.15, 0.2) is 29.8 Å². The largest absolute Gasteiger partial charge is 0.496 e. The van der Waals surface area contributed by atoms with Crippen molar-refractivity contribution in [2.24, 2.45) is 11.8 Å². The minimum absolute atomic E-state index is 0.0708. The predicted octanol–water partition coefficient (Wildman–Crippen LogP) is 5.95. The Morgan fingerprint density at radius 2 is 2.03 bits per heavy atom. The first-order valence-corrected chi connectivity index (χ1v) is 13.6. The van der Waals surface area contributed by atoms with Gasteiger partial charge in [0.15, 0.2) is 0 Å². The van der Waals surface area contributed by atoms with Gasteiger partial charge in [0.25, 0.3) is 5.91 Å². The maximum absolute atomic E-state index is 14.3. The first-order valence-electron chi connectivity index (χ1n) is 12.7. The number of rotatable bonds is 10. The molecule has 1 amide bonds. The first kappa shape index (κ1) is 28.1. The summed E-state index contributed by atoms with van der Waals surface area (Å²) in [6.45, 7) is 13.3. The number of ether oxygens (including phenoxy) is 2. The average molecular weight is 517 g/mol. The van der Waals surface area contributed by atoms with Gasteiger partial charge in [-0.05, 0) is 48.3 Å². The number of hydrogen-bond acceptors (Lipinski definition) is 6. The number of benzene rings is 1. The first-order chi connectivity index (χ1) is 17.0. The molecule has 0 bridgehead atoms. The van der Waals surface area contributed by atoms with Gasteiger partial charge in [-0.1, -0.05) is 47.6 Å². The summed E-state index contributed by atoms with van der Waals surface area (Å²) in [5, 5.41) is 13.3. The lowest BCUT2D eigenvalue weighted by molar-refractivity contribution is -0.150. The van der Waals surface area contributed by atoms with Crippen molar-refractivity contribution in [2.75, 3.05) is 20.3 Å². The van der Waals surface area contributed by atoms with Gasteiger partial charge >= 0.3 is 5.97 Å². The van der Waals surface area contributed by atoms with E-state index in [9.17, 15) is 14.7 Å². The van der Waals surface area contributed by atoms with Crippen LogP contribution in [0.3, 0.4) is 0 Å². The van der Waals surface area contributed by atoms with Gasteiger partial charge in [0, 0.05) is 29.7 Å². The van der Waals surface area contributed by atoms with Gasteiger partial charge in [-0.2, -0.15) is 0 Å². The Kier molecular flexibility index (Phi) is 8.83.